The number of hydrogen-bond acceptors (Lipinski definition) is 5. The Labute approximate surface area is 170 Å². The number of piperidine rings is 1. The molecule has 0 radical (unpaired) electrons. The molecule has 0 aliphatic carbocycles. The first-order valence-corrected chi connectivity index (χ1v) is 10.1. The first kappa shape index (κ1) is 18.9. The van der Waals surface area contributed by atoms with Crippen molar-refractivity contribution in [2.75, 3.05) is 23.3 Å². The van der Waals surface area contributed by atoms with Crippen LogP contribution in [-0.2, 0) is 4.79 Å². The molecule has 7 nitrogen and oxygen atoms in total. The van der Waals surface area contributed by atoms with Crippen LogP contribution in [0.3, 0.4) is 0 Å². The summed E-state index contributed by atoms with van der Waals surface area (Å²) in [6.45, 7) is 1.92. The third-order valence-electron chi connectivity index (χ3n) is 5.56. The number of hydrogen-bond donors (Lipinski definition) is 1. The van der Waals surface area contributed by atoms with Crippen molar-refractivity contribution >= 4 is 23.2 Å². The van der Waals surface area contributed by atoms with Crippen LogP contribution in [0.25, 0.3) is 5.65 Å². The van der Waals surface area contributed by atoms with Crippen LogP contribution >= 0.6 is 0 Å². The minimum Gasteiger partial charge on any atom is -0.370 e. The van der Waals surface area contributed by atoms with Crippen molar-refractivity contribution in [2.45, 2.75) is 32.1 Å². The molecule has 3 aromatic rings. The summed E-state index contributed by atoms with van der Waals surface area (Å²) in [5, 5.41) is 20.2. The van der Waals surface area contributed by atoms with Crippen molar-refractivity contribution < 1.29 is 4.79 Å². The van der Waals surface area contributed by atoms with Crippen LogP contribution < -0.4 is 10.2 Å². The highest BCUT2D eigenvalue weighted by molar-refractivity contribution is 5.89. The molecular formula is C22H24N6O. The normalized spacial score (nSPS) is 14.7. The van der Waals surface area contributed by atoms with Gasteiger partial charge >= 0.3 is 0 Å². The fourth-order valence-corrected chi connectivity index (χ4v) is 3.97. The maximum Gasteiger partial charge on any atom is 0.235 e. The number of para-hydroxylation sites is 1. The molecule has 1 fully saturated rings. The molecule has 0 atom stereocenters. The third-order valence-corrected chi connectivity index (χ3v) is 5.56. The van der Waals surface area contributed by atoms with E-state index < -0.39 is 0 Å². The van der Waals surface area contributed by atoms with Gasteiger partial charge in [-0.05, 0) is 55.9 Å². The largest absolute Gasteiger partial charge is 0.370 e. The zero-order valence-corrected chi connectivity index (χ0v) is 16.3. The molecule has 1 aliphatic heterocycles. The highest BCUT2D eigenvalue weighted by Gasteiger charge is 2.21. The molecule has 148 valence electrons. The maximum absolute atomic E-state index is 12.3. The Kier molecular flexibility index (Phi) is 5.71. The van der Waals surface area contributed by atoms with Crippen LogP contribution in [0.5, 0.6) is 0 Å². The molecule has 1 aromatic carbocycles. The van der Waals surface area contributed by atoms with Crippen molar-refractivity contribution in [1.29, 1.82) is 5.26 Å². The maximum atomic E-state index is 12.3. The Morgan fingerprint density at radius 3 is 2.76 bits per heavy atom. The van der Waals surface area contributed by atoms with Crippen molar-refractivity contribution in [2.24, 2.45) is 5.92 Å². The van der Waals surface area contributed by atoms with E-state index in [0.717, 1.165) is 50.0 Å². The topological polar surface area (TPSA) is 86.3 Å². The summed E-state index contributed by atoms with van der Waals surface area (Å²) in [7, 11) is 0. The van der Waals surface area contributed by atoms with Gasteiger partial charge in [0.1, 0.15) is 6.07 Å². The number of nitriles is 1. The number of aromatic nitrogens is 3. The smallest absolute Gasteiger partial charge is 0.235 e. The van der Waals surface area contributed by atoms with Gasteiger partial charge in [0.25, 0.3) is 0 Å². The lowest BCUT2D eigenvalue weighted by Gasteiger charge is -2.34. The van der Waals surface area contributed by atoms with Gasteiger partial charge in [-0.1, -0.05) is 18.2 Å². The van der Waals surface area contributed by atoms with Gasteiger partial charge in [0.05, 0.1) is 11.3 Å². The monoisotopic (exact) mass is 388 g/mol. The number of rotatable bonds is 6. The molecule has 1 amide bonds. The van der Waals surface area contributed by atoms with Gasteiger partial charge in [-0.3, -0.25) is 14.5 Å². The summed E-state index contributed by atoms with van der Waals surface area (Å²) >= 11 is 0. The summed E-state index contributed by atoms with van der Waals surface area (Å²) in [6, 6.07) is 15.7. The average molecular weight is 388 g/mol. The lowest BCUT2D eigenvalue weighted by atomic mass is 9.91. The molecule has 3 heterocycles. The number of carbonyl (C=O) groups is 1. The van der Waals surface area contributed by atoms with Crippen LogP contribution in [-0.4, -0.2) is 33.6 Å². The highest BCUT2D eigenvalue weighted by atomic mass is 16.1. The number of carbonyl (C=O) groups excluding carboxylic acids is 1. The Hall–Kier alpha value is -3.40. The molecule has 0 bridgehead atoms. The molecule has 29 heavy (non-hydrogen) atoms. The number of fused-ring (bicyclic) bond motifs is 1. The van der Waals surface area contributed by atoms with Crippen LogP contribution in [0.1, 0.15) is 37.7 Å². The van der Waals surface area contributed by atoms with Gasteiger partial charge < -0.3 is 4.90 Å². The second-order valence-electron chi connectivity index (χ2n) is 7.45. The quantitative estimate of drug-likeness (QED) is 0.697. The van der Waals surface area contributed by atoms with Crippen LogP contribution in [0.4, 0.5) is 11.6 Å². The summed E-state index contributed by atoms with van der Waals surface area (Å²) in [4.78, 5) is 14.6. The SMILES string of the molecule is N#Cc1ccccc1N1CCC(CCCC(=O)Nc2nnc3ccccn23)CC1. The van der Waals surface area contributed by atoms with E-state index >= 15 is 0 Å². The average Bonchev–Trinajstić information content (AvgIpc) is 3.17. The number of pyridine rings is 1. The summed E-state index contributed by atoms with van der Waals surface area (Å²) in [6.07, 6.45) is 6.42. The van der Waals surface area contributed by atoms with E-state index in [-0.39, 0.29) is 5.91 Å². The number of nitrogens with zero attached hydrogens (tertiary/aromatic N) is 5. The molecule has 1 saturated heterocycles. The van der Waals surface area contributed by atoms with Gasteiger partial charge in [-0.15, -0.1) is 10.2 Å². The Balaban J connectivity index is 1.22. The molecular weight excluding hydrogens is 364 g/mol. The fraction of sp³-hybridized carbons (Fsp3) is 0.364. The summed E-state index contributed by atoms with van der Waals surface area (Å²) in [5.74, 6) is 1.07. The summed E-state index contributed by atoms with van der Waals surface area (Å²) in [5.41, 5.74) is 2.49. The van der Waals surface area contributed by atoms with Gasteiger partial charge in [-0.2, -0.15) is 5.26 Å². The lowest BCUT2D eigenvalue weighted by Crippen LogP contribution is -2.34. The van der Waals surface area contributed by atoms with E-state index in [2.05, 4.69) is 26.5 Å². The van der Waals surface area contributed by atoms with E-state index in [9.17, 15) is 10.1 Å². The zero-order chi connectivity index (χ0) is 20.1. The first-order valence-electron chi connectivity index (χ1n) is 10.1. The second-order valence-corrected chi connectivity index (χ2v) is 7.45. The van der Waals surface area contributed by atoms with Gasteiger partial charge in [0, 0.05) is 25.7 Å². The first-order chi connectivity index (χ1) is 14.2. The van der Waals surface area contributed by atoms with Gasteiger partial charge in [0.2, 0.25) is 11.9 Å². The molecule has 1 aliphatic rings. The highest BCUT2D eigenvalue weighted by Crippen LogP contribution is 2.28. The molecule has 4 rings (SSSR count). The van der Waals surface area contributed by atoms with Crippen LogP contribution in [0, 0.1) is 17.2 Å². The van der Waals surface area contributed by atoms with E-state index in [4.69, 9.17) is 0 Å². The minimum atomic E-state index is -0.0245. The van der Waals surface area contributed by atoms with E-state index in [1.807, 2.05) is 48.7 Å². The van der Waals surface area contributed by atoms with Crippen molar-refractivity contribution in [1.82, 2.24) is 14.6 Å². The number of nitrogens with one attached hydrogen (secondary N) is 1. The number of benzene rings is 1. The molecule has 0 saturated carbocycles. The van der Waals surface area contributed by atoms with E-state index in [1.165, 1.54) is 0 Å². The molecule has 7 heteroatoms. The second kappa shape index (κ2) is 8.74. The predicted octanol–water partition coefficient (Wildman–Crippen LogP) is 3.63. The molecule has 0 spiro atoms. The van der Waals surface area contributed by atoms with Gasteiger partial charge in [0.15, 0.2) is 5.65 Å². The number of anilines is 2. The standard InChI is InChI=1S/C22H24N6O/c23-16-18-7-1-2-8-19(18)27-14-11-17(12-15-27)6-5-10-21(29)24-22-26-25-20-9-3-4-13-28(20)22/h1-4,7-9,13,17H,5-6,10-12,14-15H2,(H,24,26,29). The zero-order valence-electron chi connectivity index (χ0n) is 16.3. The van der Waals surface area contributed by atoms with Crippen LogP contribution in [0.15, 0.2) is 48.7 Å². The van der Waals surface area contributed by atoms with Crippen molar-refractivity contribution in [3.8, 4) is 6.07 Å². The predicted molar refractivity (Wildman–Crippen MR) is 112 cm³/mol. The van der Waals surface area contributed by atoms with E-state index in [1.54, 1.807) is 4.40 Å². The Bertz CT molecular complexity index is 1030. The van der Waals surface area contributed by atoms with Gasteiger partial charge in [-0.25, -0.2) is 0 Å². The molecule has 1 N–H and O–H groups in total. The molecule has 2 aromatic heterocycles. The van der Waals surface area contributed by atoms with Crippen LogP contribution in [0.2, 0.25) is 0 Å². The minimum absolute atomic E-state index is 0.0245. The Morgan fingerprint density at radius 2 is 1.93 bits per heavy atom. The fourth-order valence-electron chi connectivity index (χ4n) is 3.97. The van der Waals surface area contributed by atoms with Crippen molar-refractivity contribution in [3.63, 3.8) is 0 Å². The van der Waals surface area contributed by atoms with Crippen molar-refractivity contribution in [3.05, 3.63) is 54.2 Å². The summed E-state index contributed by atoms with van der Waals surface area (Å²) < 4.78 is 1.77. The molecule has 0 unspecified atom stereocenters. The number of amides is 1. The Morgan fingerprint density at radius 1 is 1.14 bits per heavy atom. The lowest BCUT2D eigenvalue weighted by molar-refractivity contribution is -0.116. The van der Waals surface area contributed by atoms with E-state index in [0.29, 0.717) is 23.9 Å². The third kappa shape index (κ3) is 4.37.